The van der Waals surface area contributed by atoms with E-state index in [1.54, 1.807) is 0 Å². The van der Waals surface area contributed by atoms with Gasteiger partial charge in [-0.15, -0.1) is 0 Å². The summed E-state index contributed by atoms with van der Waals surface area (Å²) >= 11 is 5.73. The van der Waals surface area contributed by atoms with Gasteiger partial charge in [-0.2, -0.15) is 23.0 Å². The quantitative estimate of drug-likeness (QED) is 0.609. The normalized spacial score (nSPS) is 13.1. The van der Waals surface area contributed by atoms with Gasteiger partial charge in [0, 0.05) is 16.8 Å². The predicted octanol–water partition coefficient (Wildman–Crippen LogP) is 3.23. The summed E-state index contributed by atoms with van der Waals surface area (Å²) in [6.45, 7) is 1.54. The van der Waals surface area contributed by atoms with Gasteiger partial charge < -0.3 is 5.32 Å². The van der Waals surface area contributed by atoms with Crippen molar-refractivity contribution in [3.8, 4) is 5.82 Å². The van der Waals surface area contributed by atoms with E-state index in [1.165, 1.54) is 36.1 Å². The van der Waals surface area contributed by atoms with Crippen LogP contribution < -0.4 is 5.32 Å². The van der Waals surface area contributed by atoms with Crippen molar-refractivity contribution in [1.82, 2.24) is 25.1 Å². The molecule has 1 aromatic carbocycles. The lowest BCUT2D eigenvalue weighted by molar-refractivity contribution is -0.137. The fraction of sp³-hybridized carbons (Fsp3) is 0.222. The minimum atomic E-state index is -4.66. The van der Waals surface area contributed by atoms with Crippen LogP contribution in [0.4, 0.5) is 13.2 Å². The van der Waals surface area contributed by atoms with E-state index >= 15 is 0 Å². The van der Waals surface area contributed by atoms with Crippen molar-refractivity contribution in [3.05, 3.63) is 64.7 Å². The van der Waals surface area contributed by atoms with Gasteiger partial charge in [-0.25, -0.2) is 18.4 Å². The first-order valence-electron chi connectivity index (χ1n) is 8.62. The molecule has 164 valence electrons. The summed E-state index contributed by atoms with van der Waals surface area (Å²) in [6.07, 6.45) is -2.49. The summed E-state index contributed by atoms with van der Waals surface area (Å²) < 4.78 is 63.7. The molecular weight excluding hydrogens is 459 g/mol. The van der Waals surface area contributed by atoms with Crippen LogP contribution in [0.15, 0.2) is 47.8 Å². The molecule has 1 atom stereocenters. The summed E-state index contributed by atoms with van der Waals surface area (Å²) in [5, 5.41) is 6.11. The van der Waals surface area contributed by atoms with E-state index in [1.807, 2.05) is 0 Å². The molecule has 3 aromatic rings. The van der Waals surface area contributed by atoms with Crippen molar-refractivity contribution >= 4 is 27.3 Å². The van der Waals surface area contributed by atoms with Gasteiger partial charge in [-0.1, -0.05) is 17.7 Å². The monoisotopic (exact) mass is 473 g/mol. The highest BCUT2D eigenvalue weighted by molar-refractivity contribution is 7.90. The van der Waals surface area contributed by atoms with Crippen LogP contribution in [0.5, 0.6) is 0 Å². The number of aromatic nitrogens is 4. The van der Waals surface area contributed by atoms with Gasteiger partial charge in [0.15, 0.2) is 26.5 Å². The fourth-order valence-electron chi connectivity index (χ4n) is 2.68. The number of rotatable bonds is 5. The number of nitrogens with zero attached hydrogens (tertiary/aromatic N) is 4. The van der Waals surface area contributed by atoms with Crippen LogP contribution in [-0.4, -0.2) is 40.3 Å². The standard InChI is InChI=1S/C18H15ClF3N5O3S/c1-10(25-17(28)11-6-12(18(20,21)22)8-13(19)7-11)16-23-9-24-27(16)14-4-3-5-15(26-14)31(2,29)30/h3-10H,1-2H3,(H,25,28)/t10-/m0/s1. The molecule has 1 N–H and O–H groups in total. The number of halogens is 4. The van der Waals surface area contributed by atoms with Crippen LogP contribution in [0, 0.1) is 0 Å². The summed E-state index contributed by atoms with van der Waals surface area (Å²) in [5.74, 6) is -0.490. The Kier molecular flexibility index (Phi) is 6.05. The Balaban J connectivity index is 1.88. The smallest absolute Gasteiger partial charge is 0.342 e. The number of benzene rings is 1. The van der Waals surface area contributed by atoms with E-state index in [9.17, 15) is 26.4 Å². The zero-order valence-electron chi connectivity index (χ0n) is 16.1. The van der Waals surface area contributed by atoms with Crippen LogP contribution in [0.1, 0.15) is 34.7 Å². The first-order valence-corrected chi connectivity index (χ1v) is 10.9. The summed E-state index contributed by atoms with van der Waals surface area (Å²) in [4.78, 5) is 20.6. The topological polar surface area (TPSA) is 107 Å². The number of nitrogens with one attached hydrogen (secondary N) is 1. The van der Waals surface area contributed by atoms with E-state index in [0.717, 1.165) is 18.4 Å². The molecule has 2 aromatic heterocycles. The summed E-state index contributed by atoms with van der Waals surface area (Å²) in [7, 11) is -3.57. The van der Waals surface area contributed by atoms with Crippen molar-refractivity contribution in [2.75, 3.05) is 6.26 Å². The van der Waals surface area contributed by atoms with Gasteiger partial charge >= 0.3 is 6.18 Å². The molecule has 8 nitrogen and oxygen atoms in total. The Labute approximate surface area is 180 Å². The molecule has 13 heteroatoms. The van der Waals surface area contributed by atoms with Crippen LogP contribution in [0.2, 0.25) is 5.02 Å². The van der Waals surface area contributed by atoms with Crippen molar-refractivity contribution in [2.24, 2.45) is 0 Å². The lowest BCUT2D eigenvalue weighted by Crippen LogP contribution is -2.29. The number of hydrogen-bond acceptors (Lipinski definition) is 6. The average Bonchev–Trinajstić information content (AvgIpc) is 3.16. The predicted molar refractivity (Wildman–Crippen MR) is 105 cm³/mol. The van der Waals surface area contributed by atoms with Gasteiger partial charge in [0.1, 0.15) is 6.33 Å². The molecular formula is C18H15ClF3N5O3S. The van der Waals surface area contributed by atoms with Crippen LogP contribution in [0.3, 0.4) is 0 Å². The van der Waals surface area contributed by atoms with Crippen molar-refractivity contribution in [1.29, 1.82) is 0 Å². The third-order valence-corrected chi connectivity index (χ3v) is 5.31. The lowest BCUT2D eigenvalue weighted by Gasteiger charge is -2.15. The molecule has 0 unspecified atom stereocenters. The lowest BCUT2D eigenvalue weighted by atomic mass is 10.1. The highest BCUT2D eigenvalue weighted by Gasteiger charge is 2.32. The van der Waals surface area contributed by atoms with Crippen molar-refractivity contribution < 1.29 is 26.4 Å². The third kappa shape index (κ3) is 5.20. The number of carbonyl (C=O) groups excluding carboxylic acids is 1. The molecule has 3 rings (SSSR count). The van der Waals surface area contributed by atoms with E-state index in [2.05, 4.69) is 20.4 Å². The number of hydrogen-bond donors (Lipinski definition) is 1. The Bertz CT molecular complexity index is 1240. The van der Waals surface area contributed by atoms with Crippen LogP contribution in [-0.2, 0) is 16.0 Å². The Morgan fingerprint density at radius 1 is 1.23 bits per heavy atom. The Morgan fingerprint density at radius 2 is 1.94 bits per heavy atom. The van der Waals surface area contributed by atoms with Gasteiger partial charge in [-0.3, -0.25) is 4.79 Å². The van der Waals surface area contributed by atoms with E-state index in [0.29, 0.717) is 6.07 Å². The first-order chi connectivity index (χ1) is 14.4. The number of carbonyl (C=O) groups is 1. The SMILES string of the molecule is C[C@H](NC(=O)c1cc(Cl)cc(C(F)(F)F)c1)c1ncnn1-c1cccc(S(C)(=O)=O)n1. The zero-order valence-corrected chi connectivity index (χ0v) is 17.6. The summed E-state index contributed by atoms with van der Waals surface area (Å²) in [6, 6.07) is 5.99. The second-order valence-corrected chi connectivity index (χ2v) is 8.96. The maximum atomic E-state index is 13.0. The molecule has 0 spiro atoms. The van der Waals surface area contributed by atoms with Gasteiger partial charge in [0.25, 0.3) is 5.91 Å². The molecule has 0 bridgehead atoms. The summed E-state index contributed by atoms with van der Waals surface area (Å²) in [5.41, 5.74) is -1.34. The average molecular weight is 474 g/mol. The molecule has 1 amide bonds. The number of sulfone groups is 1. The third-order valence-electron chi connectivity index (χ3n) is 4.10. The molecule has 0 radical (unpaired) electrons. The second kappa shape index (κ2) is 8.27. The van der Waals surface area contributed by atoms with E-state index in [-0.39, 0.29) is 27.3 Å². The number of alkyl halides is 3. The van der Waals surface area contributed by atoms with E-state index in [4.69, 9.17) is 11.6 Å². The van der Waals surface area contributed by atoms with Gasteiger partial charge in [0.2, 0.25) is 0 Å². The molecule has 2 heterocycles. The largest absolute Gasteiger partial charge is 0.416 e. The molecule has 0 saturated heterocycles. The molecule has 0 aliphatic rings. The molecule has 31 heavy (non-hydrogen) atoms. The number of pyridine rings is 1. The van der Waals surface area contributed by atoms with Gasteiger partial charge in [-0.05, 0) is 37.3 Å². The first kappa shape index (κ1) is 22.7. The highest BCUT2D eigenvalue weighted by atomic mass is 35.5. The van der Waals surface area contributed by atoms with E-state index < -0.39 is 33.5 Å². The second-order valence-electron chi connectivity index (χ2n) is 6.56. The maximum absolute atomic E-state index is 13.0. The zero-order chi connectivity index (χ0) is 23.0. The van der Waals surface area contributed by atoms with Crippen molar-refractivity contribution in [3.63, 3.8) is 0 Å². The minimum Gasteiger partial charge on any atom is -0.342 e. The van der Waals surface area contributed by atoms with Crippen LogP contribution in [0.25, 0.3) is 5.82 Å². The highest BCUT2D eigenvalue weighted by Crippen LogP contribution is 2.32. The maximum Gasteiger partial charge on any atom is 0.416 e. The minimum absolute atomic E-state index is 0.138. The van der Waals surface area contributed by atoms with Crippen molar-refractivity contribution in [2.45, 2.75) is 24.2 Å². The molecule has 0 aliphatic carbocycles. The number of amides is 1. The molecule has 0 aliphatic heterocycles. The fourth-order valence-corrected chi connectivity index (χ4v) is 3.50. The molecule has 0 fully saturated rings. The van der Waals surface area contributed by atoms with Gasteiger partial charge in [0.05, 0.1) is 11.6 Å². The Morgan fingerprint density at radius 3 is 2.58 bits per heavy atom. The van der Waals surface area contributed by atoms with Crippen LogP contribution >= 0.6 is 11.6 Å². The molecule has 0 saturated carbocycles. The Hall–Kier alpha value is -2.99.